The molecule has 0 saturated carbocycles. The molecule has 0 aliphatic carbocycles. The average Bonchev–Trinajstić information content (AvgIpc) is 3.66. The number of H-pyrrole nitrogens is 2. The maximum atomic E-state index is 13.6. The van der Waals surface area contributed by atoms with Gasteiger partial charge in [-0.25, -0.2) is 9.78 Å². The molecule has 0 fully saturated rings. The van der Waals surface area contributed by atoms with Gasteiger partial charge in [0.25, 0.3) is 0 Å². The smallest absolute Gasteiger partial charge is 0.326 e. The van der Waals surface area contributed by atoms with Crippen molar-refractivity contribution in [2.45, 2.75) is 57.3 Å². The highest BCUT2D eigenvalue weighted by Gasteiger charge is 2.31. The van der Waals surface area contributed by atoms with E-state index in [1.807, 2.05) is 24.3 Å². The van der Waals surface area contributed by atoms with Gasteiger partial charge in [0.2, 0.25) is 17.7 Å². The van der Waals surface area contributed by atoms with E-state index in [0.29, 0.717) is 16.8 Å². The summed E-state index contributed by atoms with van der Waals surface area (Å²) in [5, 5.41) is 28.5. The lowest BCUT2D eigenvalue weighted by Crippen LogP contribution is -2.58. The summed E-state index contributed by atoms with van der Waals surface area (Å²) in [6.07, 6.45) is 4.66. The van der Waals surface area contributed by atoms with Gasteiger partial charge in [0.05, 0.1) is 12.4 Å². The number of carboxylic acid groups (broad SMARTS) is 1. The number of carboxylic acids is 1. The number of fused-ring (bicyclic) bond motifs is 1. The molecule has 4 atom stereocenters. The second kappa shape index (κ2) is 14.3. The lowest BCUT2D eigenvalue weighted by molar-refractivity contribution is -0.142. The van der Waals surface area contributed by atoms with E-state index in [1.54, 1.807) is 32.2 Å². The summed E-state index contributed by atoms with van der Waals surface area (Å²) in [6, 6.07) is 8.96. The fourth-order valence-electron chi connectivity index (χ4n) is 4.74. The quantitative estimate of drug-likeness (QED) is 0.104. The first kappa shape index (κ1) is 31.8. The van der Waals surface area contributed by atoms with Gasteiger partial charge in [-0.3, -0.25) is 14.4 Å². The second-order valence-electron chi connectivity index (χ2n) is 11.0. The third-order valence-corrected chi connectivity index (χ3v) is 7.36. The molecule has 0 spiro atoms. The van der Waals surface area contributed by atoms with Crippen LogP contribution in [0.4, 0.5) is 0 Å². The molecular formula is C31H37N7O6. The predicted molar refractivity (Wildman–Crippen MR) is 162 cm³/mol. The highest BCUT2D eigenvalue weighted by atomic mass is 16.4. The number of nitrogens with two attached hydrogens (primary N) is 1. The Morgan fingerprint density at radius 3 is 2.11 bits per heavy atom. The van der Waals surface area contributed by atoms with Gasteiger partial charge < -0.3 is 41.9 Å². The summed E-state index contributed by atoms with van der Waals surface area (Å²) < 4.78 is 0. The van der Waals surface area contributed by atoms with Crippen LogP contribution in [0.3, 0.4) is 0 Å². The monoisotopic (exact) mass is 603 g/mol. The van der Waals surface area contributed by atoms with Gasteiger partial charge >= 0.3 is 5.97 Å². The first-order valence-corrected chi connectivity index (χ1v) is 14.2. The van der Waals surface area contributed by atoms with Gasteiger partial charge in [0.15, 0.2) is 0 Å². The highest BCUT2D eigenvalue weighted by Crippen LogP contribution is 2.19. The topological polar surface area (TPSA) is 215 Å². The highest BCUT2D eigenvalue weighted by molar-refractivity contribution is 5.94. The SMILES string of the molecule is CC(C)C(N)C(=O)NC(Cc1cnc[nH]1)C(=O)NC(Cc1ccc(O)cc1)C(=O)NC(Cc1c[nH]c2ccccc12)C(=O)O. The fourth-order valence-corrected chi connectivity index (χ4v) is 4.74. The first-order chi connectivity index (χ1) is 21.0. The normalized spacial score (nSPS) is 14.0. The Balaban J connectivity index is 1.57. The number of aliphatic carboxylic acids is 1. The van der Waals surface area contributed by atoms with Crippen LogP contribution in [-0.4, -0.2) is 73.0 Å². The standard InChI is InChI=1S/C31H37N7O6/c1-17(2)27(32)30(42)37-25(13-20-15-33-16-35-20)29(41)36-24(11-18-7-9-21(39)10-8-18)28(40)38-26(31(43)44)12-19-14-34-23-6-4-3-5-22(19)23/h3-10,14-17,24-27,34,39H,11-13,32H2,1-2H3,(H,33,35)(H,36,41)(H,37,42)(H,38,40)(H,43,44). The first-order valence-electron chi connectivity index (χ1n) is 14.2. The molecule has 2 aromatic carbocycles. The molecule has 2 aromatic heterocycles. The lowest BCUT2D eigenvalue weighted by Gasteiger charge is -2.26. The number of aromatic hydroxyl groups is 1. The fraction of sp³-hybridized carbons (Fsp3) is 0.323. The number of nitrogens with one attached hydrogen (secondary N) is 5. The number of hydrogen-bond donors (Lipinski definition) is 8. The van der Waals surface area contributed by atoms with Crippen LogP contribution < -0.4 is 21.7 Å². The molecule has 3 amide bonds. The molecule has 13 heteroatoms. The summed E-state index contributed by atoms with van der Waals surface area (Å²) >= 11 is 0. The van der Waals surface area contributed by atoms with Gasteiger partial charge in [0.1, 0.15) is 23.9 Å². The van der Waals surface area contributed by atoms with E-state index < -0.39 is 47.9 Å². The van der Waals surface area contributed by atoms with E-state index in [9.17, 15) is 29.4 Å². The largest absolute Gasteiger partial charge is 0.508 e. The van der Waals surface area contributed by atoms with Crippen molar-refractivity contribution in [2.24, 2.45) is 11.7 Å². The van der Waals surface area contributed by atoms with Crippen molar-refractivity contribution in [3.8, 4) is 5.75 Å². The molecule has 0 aliphatic rings. The van der Waals surface area contributed by atoms with Crippen LogP contribution >= 0.6 is 0 Å². The van der Waals surface area contributed by atoms with E-state index in [-0.39, 0.29) is 30.9 Å². The minimum atomic E-state index is -1.30. The minimum Gasteiger partial charge on any atom is -0.508 e. The van der Waals surface area contributed by atoms with Crippen molar-refractivity contribution in [1.29, 1.82) is 0 Å². The average molecular weight is 604 g/mol. The molecule has 0 radical (unpaired) electrons. The van der Waals surface area contributed by atoms with Gasteiger partial charge in [0, 0.05) is 48.3 Å². The molecule has 0 bridgehead atoms. The number of hydrogen-bond acceptors (Lipinski definition) is 7. The van der Waals surface area contributed by atoms with Crippen LogP contribution in [0.5, 0.6) is 5.75 Å². The molecule has 44 heavy (non-hydrogen) atoms. The second-order valence-corrected chi connectivity index (χ2v) is 11.0. The van der Waals surface area contributed by atoms with Crippen LogP contribution in [0.1, 0.15) is 30.7 Å². The Bertz CT molecular complexity index is 1580. The van der Waals surface area contributed by atoms with Crippen molar-refractivity contribution in [3.63, 3.8) is 0 Å². The minimum absolute atomic E-state index is 0.00341. The summed E-state index contributed by atoms with van der Waals surface area (Å²) in [4.78, 5) is 62.3. The molecule has 13 nitrogen and oxygen atoms in total. The number of nitrogens with zero attached hydrogens (tertiary/aromatic N) is 1. The summed E-state index contributed by atoms with van der Waals surface area (Å²) in [5.41, 5.74) is 8.71. The maximum absolute atomic E-state index is 13.6. The van der Waals surface area contributed by atoms with Crippen LogP contribution in [-0.2, 0) is 38.4 Å². The molecular weight excluding hydrogens is 566 g/mol. The number of phenolic OH excluding ortho intramolecular Hbond substituents is 1. The molecule has 4 unspecified atom stereocenters. The molecule has 4 rings (SSSR count). The van der Waals surface area contributed by atoms with Gasteiger partial charge in [-0.1, -0.05) is 44.2 Å². The van der Waals surface area contributed by atoms with Gasteiger partial charge in [-0.05, 0) is 35.2 Å². The van der Waals surface area contributed by atoms with Crippen LogP contribution in [0.2, 0.25) is 0 Å². The Hall–Kier alpha value is -5.17. The van der Waals surface area contributed by atoms with E-state index in [0.717, 1.165) is 10.9 Å². The Morgan fingerprint density at radius 2 is 1.48 bits per heavy atom. The molecule has 0 saturated heterocycles. The summed E-state index contributed by atoms with van der Waals surface area (Å²) in [5.74, 6) is -3.36. The number of carbonyl (C=O) groups is 4. The van der Waals surface area contributed by atoms with Crippen molar-refractivity contribution in [2.75, 3.05) is 0 Å². The van der Waals surface area contributed by atoms with Gasteiger partial charge in [-0.15, -0.1) is 0 Å². The van der Waals surface area contributed by atoms with E-state index >= 15 is 0 Å². The number of para-hydroxylation sites is 1. The molecule has 232 valence electrons. The number of phenols is 1. The van der Waals surface area contributed by atoms with E-state index in [1.165, 1.54) is 24.7 Å². The zero-order valence-corrected chi connectivity index (χ0v) is 24.4. The van der Waals surface area contributed by atoms with Crippen molar-refractivity contribution in [3.05, 3.63) is 84.1 Å². The molecule has 0 aliphatic heterocycles. The number of aromatic amines is 2. The number of carbonyl (C=O) groups excluding carboxylic acids is 3. The van der Waals surface area contributed by atoms with Crippen LogP contribution in [0.15, 0.2) is 67.3 Å². The summed E-state index contributed by atoms with van der Waals surface area (Å²) in [6.45, 7) is 3.56. The van der Waals surface area contributed by atoms with E-state index in [4.69, 9.17) is 5.73 Å². The van der Waals surface area contributed by atoms with Crippen molar-refractivity contribution < 1.29 is 29.4 Å². The predicted octanol–water partition coefficient (Wildman–Crippen LogP) is 1.15. The number of benzene rings is 2. The Morgan fingerprint density at radius 1 is 0.841 bits per heavy atom. The Kier molecular flexibility index (Phi) is 10.3. The maximum Gasteiger partial charge on any atom is 0.326 e. The molecule has 2 heterocycles. The number of aromatic nitrogens is 3. The third-order valence-electron chi connectivity index (χ3n) is 7.36. The molecule has 9 N–H and O–H groups in total. The zero-order valence-electron chi connectivity index (χ0n) is 24.4. The number of imidazole rings is 1. The third kappa shape index (κ3) is 8.22. The van der Waals surface area contributed by atoms with Crippen molar-refractivity contribution in [1.82, 2.24) is 30.9 Å². The number of amides is 3. The van der Waals surface area contributed by atoms with Gasteiger partial charge in [-0.2, -0.15) is 0 Å². The summed E-state index contributed by atoms with van der Waals surface area (Å²) in [7, 11) is 0. The lowest BCUT2D eigenvalue weighted by atomic mass is 10.0. The number of rotatable bonds is 14. The molecule has 4 aromatic rings. The van der Waals surface area contributed by atoms with Crippen molar-refractivity contribution >= 4 is 34.6 Å². The van der Waals surface area contributed by atoms with Crippen LogP contribution in [0, 0.1) is 5.92 Å². The zero-order chi connectivity index (χ0) is 31.8. The Labute approximate surface area is 253 Å². The van der Waals surface area contributed by atoms with E-state index in [2.05, 4.69) is 30.9 Å². The van der Waals surface area contributed by atoms with Crippen LogP contribution in [0.25, 0.3) is 10.9 Å².